The molecule has 2 N–H and O–H groups in total. The third-order valence-corrected chi connectivity index (χ3v) is 4.19. The van der Waals surface area contributed by atoms with Gasteiger partial charge in [0.2, 0.25) is 5.91 Å². The highest BCUT2D eigenvalue weighted by Crippen LogP contribution is 2.23. The van der Waals surface area contributed by atoms with Crippen LogP contribution in [0.1, 0.15) is 11.1 Å². The molecule has 0 aliphatic rings. The second kappa shape index (κ2) is 8.35. The molecule has 7 heteroatoms. The summed E-state index contributed by atoms with van der Waals surface area (Å²) in [6.45, 7) is 7.86. The van der Waals surface area contributed by atoms with Gasteiger partial charge in [0.05, 0.1) is 11.4 Å². The Kier molecular flexibility index (Phi) is 6.20. The molecule has 0 aliphatic carbocycles. The third-order valence-electron chi connectivity index (χ3n) is 3.22. The molecule has 0 unspecified atom stereocenters. The molecule has 0 radical (unpaired) electrons. The molecule has 0 spiro atoms. The fourth-order valence-corrected chi connectivity index (χ4v) is 2.83. The van der Waals surface area contributed by atoms with Gasteiger partial charge in [-0.2, -0.15) is 0 Å². The number of rotatable bonds is 6. The van der Waals surface area contributed by atoms with Crippen LogP contribution >= 0.6 is 11.8 Å². The van der Waals surface area contributed by atoms with Crippen LogP contribution in [0.4, 0.5) is 4.79 Å². The maximum absolute atomic E-state index is 11.8. The summed E-state index contributed by atoms with van der Waals surface area (Å²) in [5, 5.41) is 5.45. The topological polar surface area (TPSA) is 76.0 Å². The van der Waals surface area contributed by atoms with E-state index in [1.54, 1.807) is 12.3 Å². The molecule has 1 aromatic carbocycles. The Morgan fingerprint density at radius 2 is 2.17 bits per heavy atom. The predicted octanol–water partition coefficient (Wildman–Crippen LogP) is 2.59. The number of nitrogens with one attached hydrogen (secondary N) is 2. The maximum atomic E-state index is 11.8. The van der Waals surface area contributed by atoms with Gasteiger partial charge in [-0.1, -0.05) is 30.0 Å². The van der Waals surface area contributed by atoms with Crippen LogP contribution in [0, 0.1) is 13.8 Å². The molecule has 3 amide bonds. The molecule has 0 saturated carbocycles. The Balaban J connectivity index is 2.01. The number of hydrogen-bond donors (Lipinski definition) is 2. The zero-order valence-electron chi connectivity index (χ0n) is 13.7. The van der Waals surface area contributed by atoms with Crippen molar-refractivity contribution in [1.82, 2.24) is 20.2 Å². The molecular weight excluding hydrogens is 324 g/mol. The van der Waals surface area contributed by atoms with E-state index in [2.05, 4.69) is 40.4 Å². The van der Waals surface area contributed by atoms with Gasteiger partial charge in [-0.25, -0.2) is 9.78 Å². The number of thioether (sulfide) groups is 1. The van der Waals surface area contributed by atoms with Gasteiger partial charge in [0, 0.05) is 18.9 Å². The van der Waals surface area contributed by atoms with Gasteiger partial charge in [-0.3, -0.25) is 14.7 Å². The summed E-state index contributed by atoms with van der Waals surface area (Å²) in [5.74, 6) is -0.277. The summed E-state index contributed by atoms with van der Waals surface area (Å²) in [5.41, 5.74) is 3.30. The minimum atomic E-state index is -0.529. The van der Waals surface area contributed by atoms with Crippen molar-refractivity contribution >= 4 is 23.7 Å². The fraction of sp³-hybridized carbons (Fsp3) is 0.235. The van der Waals surface area contributed by atoms with Crippen molar-refractivity contribution < 1.29 is 9.59 Å². The smallest absolute Gasteiger partial charge is 0.321 e. The fourth-order valence-electron chi connectivity index (χ4n) is 2.06. The first-order valence-corrected chi connectivity index (χ1v) is 8.42. The number of hydrogen-bond acceptors (Lipinski definition) is 4. The monoisotopic (exact) mass is 344 g/mol. The van der Waals surface area contributed by atoms with Crippen molar-refractivity contribution in [1.29, 1.82) is 0 Å². The molecule has 0 saturated heterocycles. The van der Waals surface area contributed by atoms with Crippen molar-refractivity contribution in [3.8, 4) is 5.69 Å². The van der Waals surface area contributed by atoms with E-state index in [4.69, 9.17) is 0 Å². The average molecular weight is 344 g/mol. The molecule has 6 nitrogen and oxygen atoms in total. The number of aryl methyl sites for hydroxylation is 2. The van der Waals surface area contributed by atoms with Crippen LogP contribution in [0.3, 0.4) is 0 Å². The van der Waals surface area contributed by atoms with E-state index in [9.17, 15) is 9.59 Å². The summed E-state index contributed by atoms with van der Waals surface area (Å²) < 4.78 is 1.94. The quantitative estimate of drug-likeness (QED) is 0.624. The SMILES string of the molecule is C=CCNC(=O)NC(=O)CSc1nccn1-c1cc(C)ccc1C. The van der Waals surface area contributed by atoms with Crippen molar-refractivity contribution in [2.75, 3.05) is 12.3 Å². The second-order valence-corrected chi connectivity index (χ2v) is 6.15. The van der Waals surface area contributed by atoms with Gasteiger partial charge >= 0.3 is 6.03 Å². The molecule has 1 heterocycles. The van der Waals surface area contributed by atoms with Gasteiger partial charge < -0.3 is 5.32 Å². The van der Waals surface area contributed by atoms with E-state index < -0.39 is 6.03 Å². The first-order chi connectivity index (χ1) is 11.5. The number of amides is 3. The first kappa shape index (κ1) is 17.8. The Morgan fingerprint density at radius 3 is 2.92 bits per heavy atom. The standard InChI is InChI=1S/C17H20N4O2S/c1-4-7-18-16(23)20-15(22)11-24-17-19-8-9-21(17)14-10-12(2)5-6-13(14)3/h4-6,8-10H,1,7,11H2,2-3H3,(H2,18,20,22,23). The Labute approximate surface area is 145 Å². The largest absolute Gasteiger partial charge is 0.334 e. The van der Waals surface area contributed by atoms with Crippen molar-refractivity contribution in [2.24, 2.45) is 0 Å². The molecule has 0 bridgehead atoms. The van der Waals surface area contributed by atoms with Gasteiger partial charge in [0.15, 0.2) is 5.16 Å². The van der Waals surface area contributed by atoms with E-state index in [0.29, 0.717) is 11.7 Å². The number of benzene rings is 1. The van der Waals surface area contributed by atoms with Crippen LogP contribution in [0.2, 0.25) is 0 Å². The maximum Gasteiger partial charge on any atom is 0.321 e. The van der Waals surface area contributed by atoms with Crippen molar-refractivity contribution in [3.05, 3.63) is 54.4 Å². The normalized spacial score (nSPS) is 10.2. The van der Waals surface area contributed by atoms with Crippen LogP contribution in [-0.2, 0) is 4.79 Å². The third kappa shape index (κ3) is 4.73. The van der Waals surface area contributed by atoms with Crippen LogP contribution in [-0.4, -0.2) is 33.8 Å². The summed E-state index contributed by atoms with van der Waals surface area (Å²) in [7, 11) is 0. The molecular formula is C17H20N4O2S. The van der Waals surface area contributed by atoms with Gasteiger partial charge in [0.25, 0.3) is 0 Å². The summed E-state index contributed by atoms with van der Waals surface area (Å²) >= 11 is 1.28. The zero-order chi connectivity index (χ0) is 17.5. The first-order valence-electron chi connectivity index (χ1n) is 7.43. The van der Waals surface area contributed by atoms with Gasteiger partial charge in [0.1, 0.15) is 0 Å². The second-order valence-electron chi connectivity index (χ2n) is 5.21. The Bertz CT molecular complexity index is 755. The highest BCUT2D eigenvalue weighted by atomic mass is 32.2. The molecule has 126 valence electrons. The summed E-state index contributed by atoms with van der Waals surface area (Å²) in [4.78, 5) is 27.5. The molecule has 24 heavy (non-hydrogen) atoms. The average Bonchev–Trinajstić information content (AvgIpc) is 3.01. The molecule has 0 atom stereocenters. The summed E-state index contributed by atoms with van der Waals surface area (Å²) in [6, 6.07) is 5.65. The molecule has 1 aromatic heterocycles. The highest BCUT2D eigenvalue weighted by molar-refractivity contribution is 7.99. The van der Waals surface area contributed by atoms with Crippen LogP contribution in [0.5, 0.6) is 0 Å². The van der Waals surface area contributed by atoms with E-state index >= 15 is 0 Å². The number of imide groups is 1. The summed E-state index contributed by atoms with van der Waals surface area (Å²) in [6.07, 6.45) is 5.09. The lowest BCUT2D eigenvalue weighted by atomic mass is 10.1. The highest BCUT2D eigenvalue weighted by Gasteiger charge is 2.12. The molecule has 0 fully saturated rings. The Morgan fingerprint density at radius 1 is 1.38 bits per heavy atom. The van der Waals surface area contributed by atoms with E-state index in [0.717, 1.165) is 16.8 Å². The number of carbonyl (C=O) groups excluding carboxylic acids is 2. The van der Waals surface area contributed by atoms with Crippen LogP contribution in [0.15, 0.2) is 48.4 Å². The minimum Gasteiger partial charge on any atom is -0.334 e. The molecule has 0 aliphatic heterocycles. The minimum absolute atomic E-state index is 0.101. The lowest BCUT2D eigenvalue weighted by Crippen LogP contribution is -2.40. The van der Waals surface area contributed by atoms with E-state index in [-0.39, 0.29) is 11.7 Å². The number of carbonyl (C=O) groups is 2. The number of urea groups is 1. The number of nitrogens with zero attached hydrogens (tertiary/aromatic N) is 2. The predicted molar refractivity (Wildman–Crippen MR) is 95.5 cm³/mol. The Hall–Kier alpha value is -2.54. The lowest BCUT2D eigenvalue weighted by molar-refractivity contribution is -0.117. The molecule has 2 rings (SSSR count). The van der Waals surface area contributed by atoms with Gasteiger partial charge in [-0.05, 0) is 31.0 Å². The number of imidazole rings is 1. The van der Waals surface area contributed by atoms with Crippen LogP contribution in [0.25, 0.3) is 5.69 Å². The van der Waals surface area contributed by atoms with Crippen molar-refractivity contribution in [2.45, 2.75) is 19.0 Å². The van der Waals surface area contributed by atoms with E-state index in [1.165, 1.54) is 11.8 Å². The van der Waals surface area contributed by atoms with Crippen molar-refractivity contribution in [3.63, 3.8) is 0 Å². The van der Waals surface area contributed by atoms with Gasteiger partial charge in [-0.15, -0.1) is 6.58 Å². The lowest BCUT2D eigenvalue weighted by Gasteiger charge is -2.11. The van der Waals surface area contributed by atoms with E-state index in [1.807, 2.05) is 24.6 Å². The molecule has 2 aromatic rings. The number of aromatic nitrogens is 2. The zero-order valence-corrected chi connectivity index (χ0v) is 14.5. The van der Waals surface area contributed by atoms with Crippen LogP contribution < -0.4 is 10.6 Å².